The van der Waals surface area contributed by atoms with E-state index in [1.165, 1.54) is 43.6 Å². The molecule has 1 aromatic rings. The van der Waals surface area contributed by atoms with Crippen molar-refractivity contribution in [2.45, 2.75) is 38.3 Å². The molecule has 3 nitrogen and oxygen atoms in total. The average Bonchev–Trinajstić information content (AvgIpc) is 3.08. The van der Waals surface area contributed by atoms with E-state index >= 15 is 0 Å². The largest absolute Gasteiger partial charge is 0.293 e. The van der Waals surface area contributed by atoms with Crippen LogP contribution in [-0.2, 0) is 6.54 Å². The van der Waals surface area contributed by atoms with Crippen molar-refractivity contribution >= 4 is 22.9 Å². The molecule has 0 spiro atoms. The maximum absolute atomic E-state index is 5.78. The maximum atomic E-state index is 5.78. The predicted octanol–water partition coefficient (Wildman–Crippen LogP) is 2.57. The minimum atomic E-state index is 0.562. The monoisotopic (exact) mass is 243 g/mol. The molecule has 0 aliphatic heterocycles. The zero-order chi connectivity index (χ0) is 10.3. The third kappa shape index (κ3) is 2.68. The molecule has 5 heteroatoms. The van der Waals surface area contributed by atoms with Gasteiger partial charge in [-0.05, 0) is 43.2 Å². The van der Waals surface area contributed by atoms with Crippen molar-refractivity contribution in [3.05, 3.63) is 9.47 Å². The van der Waals surface area contributed by atoms with Gasteiger partial charge in [0.05, 0.1) is 6.54 Å². The molecule has 2 fully saturated rings. The van der Waals surface area contributed by atoms with Crippen LogP contribution < -0.4 is 0 Å². The third-order valence-electron chi connectivity index (χ3n) is 3.03. The van der Waals surface area contributed by atoms with Gasteiger partial charge in [-0.1, -0.05) is 11.3 Å². The first-order valence-electron chi connectivity index (χ1n) is 5.53. The topological polar surface area (TPSA) is 29.0 Å². The van der Waals surface area contributed by atoms with Crippen LogP contribution in [0.15, 0.2) is 0 Å². The lowest BCUT2D eigenvalue weighted by Crippen LogP contribution is -2.27. The first-order valence-corrected chi connectivity index (χ1v) is 6.72. The van der Waals surface area contributed by atoms with E-state index in [9.17, 15) is 0 Å². The Labute approximate surface area is 98.5 Å². The van der Waals surface area contributed by atoms with Gasteiger partial charge >= 0.3 is 0 Å². The number of nitrogens with zero attached hydrogens (tertiary/aromatic N) is 3. The third-order valence-corrected chi connectivity index (χ3v) is 4.04. The quantitative estimate of drug-likeness (QED) is 0.796. The van der Waals surface area contributed by atoms with Gasteiger partial charge in [0, 0.05) is 12.6 Å². The van der Waals surface area contributed by atoms with E-state index in [1.54, 1.807) is 0 Å². The van der Waals surface area contributed by atoms with Crippen LogP contribution in [0.25, 0.3) is 0 Å². The fraction of sp³-hybridized carbons (Fsp3) is 0.800. The van der Waals surface area contributed by atoms with Crippen molar-refractivity contribution in [3.8, 4) is 0 Å². The van der Waals surface area contributed by atoms with Crippen LogP contribution in [0.3, 0.4) is 0 Å². The van der Waals surface area contributed by atoms with E-state index in [1.807, 2.05) is 0 Å². The van der Waals surface area contributed by atoms with Crippen LogP contribution >= 0.6 is 22.9 Å². The lowest BCUT2D eigenvalue weighted by molar-refractivity contribution is 0.243. The zero-order valence-electron chi connectivity index (χ0n) is 8.53. The summed E-state index contributed by atoms with van der Waals surface area (Å²) in [5.74, 6) is 0.953. The molecule has 0 unspecified atom stereocenters. The highest BCUT2D eigenvalue weighted by atomic mass is 35.5. The first-order chi connectivity index (χ1) is 7.31. The molecule has 0 saturated heterocycles. The van der Waals surface area contributed by atoms with Crippen molar-refractivity contribution in [1.82, 2.24) is 15.1 Å². The second kappa shape index (κ2) is 4.00. The summed E-state index contributed by atoms with van der Waals surface area (Å²) < 4.78 is 0.562. The van der Waals surface area contributed by atoms with Crippen molar-refractivity contribution in [2.24, 2.45) is 5.92 Å². The van der Waals surface area contributed by atoms with Gasteiger partial charge in [0.25, 0.3) is 0 Å². The summed E-state index contributed by atoms with van der Waals surface area (Å²) in [5.41, 5.74) is 0. The summed E-state index contributed by atoms with van der Waals surface area (Å²) in [6.07, 6.45) is 5.55. The average molecular weight is 244 g/mol. The molecule has 3 rings (SSSR count). The fourth-order valence-corrected chi connectivity index (χ4v) is 2.78. The second-order valence-electron chi connectivity index (χ2n) is 4.55. The van der Waals surface area contributed by atoms with Crippen molar-refractivity contribution in [2.75, 3.05) is 6.54 Å². The number of hydrogen-bond donors (Lipinski definition) is 0. The van der Waals surface area contributed by atoms with Crippen LogP contribution in [0.4, 0.5) is 0 Å². The molecule has 0 bridgehead atoms. The molecule has 15 heavy (non-hydrogen) atoms. The number of halogens is 1. The molecule has 0 atom stereocenters. The molecular formula is C10H14ClN3S. The zero-order valence-corrected chi connectivity index (χ0v) is 10.1. The van der Waals surface area contributed by atoms with Crippen LogP contribution in [0.1, 0.15) is 30.7 Å². The van der Waals surface area contributed by atoms with Gasteiger partial charge in [0.2, 0.25) is 4.47 Å². The van der Waals surface area contributed by atoms with Crippen molar-refractivity contribution < 1.29 is 0 Å². The van der Waals surface area contributed by atoms with E-state index in [0.717, 1.165) is 23.5 Å². The smallest absolute Gasteiger partial charge is 0.207 e. The molecular weight excluding hydrogens is 230 g/mol. The molecule has 2 aliphatic carbocycles. The standard InChI is InChI=1S/C10H14ClN3S/c11-10-13-12-9(15-10)6-14(8-3-4-8)5-7-1-2-7/h7-8H,1-6H2. The van der Waals surface area contributed by atoms with E-state index in [0.29, 0.717) is 4.47 Å². The molecule has 0 radical (unpaired) electrons. The highest BCUT2D eigenvalue weighted by Crippen LogP contribution is 2.35. The molecule has 0 aromatic carbocycles. The van der Waals surface area contributed by atoms with Crippen molar-refractivity contribution in [1.29, 1.82) is 0 Å². The van der Waals surface area contributed by atoms with Crippen LogP contribution in [0, 0.1) is 5.92 Å². The Hall–Kier alpha value is -0.190. The molecule has 1 heterocycles. The Morgan fingerprint density at radius 1 is 1.27 bits per heavy atom. The Balaban J connectivity index is 1.61. The van der Waals surface area contributed by atoms with Crippen LogP contribution in [-0.4, -0.2) is 27.7 Å². The van der Waals surface area contributed by atoms with Crippen LogP contribution in [0.2, 0.25) is 4.47 Å². The summed E-state index contributed by atoms with van der Waals surface area (Å²) >= 11 is 7.29. The van der Waals surface area contributed by atoms with Gasteiger partial charge in [-0.2, -0.15) is 0 Å². The lowest BCUT2D eigenvalue weighted by Gasteiger charge is -2.19. The van der Waals surface area contributed by atoms with Crippen molar-refractivity contribution in [3.63, 3.8) is 0 Å². The number of aromatic nitrogens is 2. The summed E-state index contributed by atoms with van der Waals surface area (Å²) in [7, 11) is 0. The minimum absolute atomic E-state index is 0.562. The predicted molar refractivity (Wildman–Crippen MR) is 61.1 cm³/mol. The van der Waals surface area contributed by atoms with E-state index in [2.05, 4.69) is 15.1 Å². The second-order valence-corrected chi connectivity index (χ2v) is 6.20. The van der Waals surface area contributed by atoms with E-state index in [-0.39, 0.29) is 0 Å². The van der Waals surface area contributed by atoms with Gasteiger partial charge < -0.3 is 0 Å². The highest BCUT2D eigenvalue weighted by Gasteiger charge is 2.33. The first kappa shape index (κ1) is 10.00. The van der Waals surface area contributed by atoms with Gasteiger partial charge in [0.15, 0.2) is 0 Å². The molecule has 2 saturated carbocycles. The Kier molecular flexibility index (Phi) is 2.66. The van der Waals surface area contributed by atoms with Crippen LogP contribution in [0.5, 0.6) is 0 Å². The number of hydrogen-bond acceptors (Lipinski definition) is 4. The maximum Gasteiger partial charge on any atom is 0.207 e. The van der Waals surface area contributed by atoms with E-state index in [4.69, 9.17) is 11.6 Å². The summed E-state index contributed by atoms with van der Waals surface area (Å²) in [6, 6.07) is 0.813. The normalized spacial score (nSPS) is 21.2. The Morgan fingerprint density at radius 3 is 2.60 bits per heavy atom. The minimum Gasteiger partial charge on any atom is -0.293 e. The highest BCUT2D eigenvalue weighted by molar-refractivity contribution is 7.15. The Bertz CT molecular complexity index is 346. The SMILES string of the molecule is Clc1nnc(CN(CC2CC2)C2CC2)s1. The summed E-state index contributed by atoms with van der Waals surface area (Å²) in [5, 5.41) is 9.00. The molecule has 2 aliphatic rings. The number of rotatable bonds is 5. The molecule has 0 amide bonds. The fourth-order valence-electron chi connectivity index (χ4n) is 1.89. The molecule has 82 valence electrons. The van der Waals surface area contributed by atoms with E-state index < -0.39 is 0 Å². The summed E-state index contributed by atoms with van der Waals surface area (Å²) in [4.78, 5) is 2.56. The molecule has 1 aromatic heterocycles. The van der Waals surface area contributed by atoms with Gasteiger partial charge in [-0.15, -0.1) is 10.2 Å². The van der Waals surface area contributed by atoms with Gasteiger partial charge in [0.1, 0.15) is 5.01 Å². The lowest BCUT2D eigenvalue weighted by atomic mass is 10.3. The van der Waals surface area contributed by atoms with Gasteiger partial charge in [-0.3, -0.25) is 4.90 Å². The van der Waals surface area contributed by atoms with Gasteiger partial charge in [-0.25, -0.2) is 0 Å². The Morgan fingerprint density at radius 2 is 2.07 bits per heavy atom. The summed E-state index contributed by atoms with van der Waals surface area (Å²) in [6.45, 7) is 2.20. The molecule has 0 N–H and O–H groups in total.